The predicted octanol–water partition coefficient (Wildman–Crippen LogP) is 1.93. The van der Waals surface area contributed by atoms with Crippen molar-refractivity contribution in [2.24, 2.45) is 0 Å². The summed E-state index contributed by atoms with van der Waals surface area (Å²) in [6.45, 7) is 0. The lowest BCUT2D eigenvalue weighted by molar-refractivity contribution is 0.0598. The quantitative estimate of drug-likeness (QED) is 0.862. The maximum atomic E-state index is 11.9. The third-order valence-corrected chi connectivity index (χ3v) is 2.60. The number of nitrogens with one attached hydrogen (secondary N) is 1. The summed E-state index contributed by atoms with van der Waals surface area (Å²) in [7, 11) is 2.63. The second-order valence-corrected chi connectivity index (χ2v) is 3.83. The van der Waals surface area contributed by atoms with Gasteiger partial charge in [0.05, 0.1) is 26.2 Å². The molecule has 104 valence electrons. The molecule has 0 saturated carbocycles. The van der Waals surface area contributed by atoms with Crippen LogP contribution < -0.4 is 10.2 Å². The molecule has 0 bridgehead atoms. The Morgan fingerprint density at radius 2 is 2.15 bits per heavy atom. The normalized spacial score (nSPS) is 10.7. The zero-order valence-corrected chi connectivity index (χ0v) is 11.0. The first-order valence-corrected chi connectivity index (χ1v) is 5.77. The minimum absolute atomic E-state index is 0.0869. The van der Waals surface area contributed by atoms with Gasteiger partial charge in [0.1, 0.15) is 11.3 Å². The molecule has 0 aliphatic rings. The van der Waals surface area contributed by atoms with Gasteiger partial charge < -0.3 is 18.9 Å². The highest BCUT2D eigenvalue weighted by Gasteiger charge is 2.16. The number of aromatic amines is 1. The summed E-state index contributed by atoms with van der Waals surface area (Å²) in [4.78, 5) is 26.4. The van der Waals surface area contributed by atoms with E-state index in [0.29, 0.717) is 5.76 Å². The highest BCUT2D eigenvalue weighted by molar-refractivity contribution is 5.93. The fraction of sp³-hybridized carbons (Fsp3) is 0.143. The topological polar surface area (TPSA) is 81.5 Å². The van der Waals surface area contributed by atoms with Crippen molar-refractivity contribution in [3.63, 3.8) is 0 Å². The first kappa shape index (κ1) is 13.7. The number of furan rings is 1. The Hall–Kier alpha value is -2.76. The van der Waals surface area contributed by atoms with E-state index in [1.807, 2.05) is 0 Å². The average Bonchev–Trinajstić information content (AvgIpc) is 2.97. The number of hydrogen-bond donors (Lipinski definition) is 1. The van der Waals surface area contributed by atoms with E-state index >= 15 is 0 Å². The number of carbonyl (C=O) groups is 1. The predicted molar refractivity (Wildman–Crippen MR) is 72.6 cm³/mol. The maximum Gasteiger partial charge on any atom is 0.344 e. The van der Waals surface area contributed by atoms with Crippen LogP contribution in [-0.2, 0) is 4.74 Å². The molecule has 6 nitrogen and oxygen atoms in total. The lowest BCUT2D eigenvalue weighted by Crippen LogP contribution is -2.19. The molecule has 0 fully saturated rings. The van der Waals surface area contributed by atoms with E-state index in [2.05, 4.69) is 9.72 Å². The van der Waals surface area contributed by atoms with Gasteiger partial charge in [-0.15, -0.1) is 0 Å². The van der Waals surface area contributed by atoms with Crippen molar-refractivity contribution in [2.45, 2.75) is 0 Å². The number of rotatable bonds is 4. The van der Waals surface area contributed by atoms with E-state index in [-0.39, 0.29) is 17.1 Å². The van der Waals surface area contributed by atoms with Crippen molar-refractivity contribution in [3.8, 4) is 5.88 Å². The zero-order chi connectivity index (χ0) is 14.5. The SMILES string of the molecule is COC(=O)c1c(/C=C\c2ccco2)[nH]c(OC)cc1=O. The first-order valence-electron chi connectivity index (χ1n) is 5.77. The summed E-state index contributed by atoms with van der Waals surface area (Å²) in [6.07, 6.45) is 4.70. The minimum Gasteiger partial charge on any atom is -0.482 e. The molecular weight excluding hydrogens is 262 g/mol. The summed E-state index contributed by atoms with van der Waals surface area (Å²) in [6, 6.07) is 4.66. The van der Waals surface area contributed by atoms with Crippen LogP contribution in [0.25, 0.3) is 12.2 Å². The van der Waals surface area contributed by atoms with Gasteiger partial charge in [0.15, 0.2) is 5.88 Å². The molecule has 2 aromatic heterocycles. The van der Waals surface area contributed by atoms with Crippen LogP contribution in [0.5, 0.6) is 5.88 Å². The summed E-state index contributed by atoms with van der Waals surface area (Å²) in [5.74, 6) is 0.124. The number of ether oxygens (including phenoxy) is 2. The molecule has 0 spiro atoms. The molecule has 0 atom stereocenters. The lowest BCUT2D eigenvalue weighted by Gasteiger charge is -2.06. The largest absolute Gasteiger partial charge is 0.482 e. The van der Waals surface area contributed by atoms with Crippen molar-refractivity contribution >= 4 is 18.1 Å². The van der Waals surface area contributed by atoms with Crippen molar-refractivity contribution < 1.29 is 18.7 Å². The van der Waals surface area contributed by atoms with E-state index in [1.54, 1.807) is 24.3 Å². The van der Waals surface area contributed by atoms with Crippen LogP contribution in [0.3, 0.4) is 0 Å². The van der Waals surface area contributed by atoms with Gasteiger partial charge in [0, 0.05) is 6.07 Å². The van der Waals surface area contributed by atoms with Gasteiger partial charge in [0.25, 0.3) is 0 Å². The zero-order valence-electron chi connectivity index (χ0n) is 11.0. The molecule has 0 aromatic carbocycles. The van der Waals surface area contributed by atoms with Gasteiger partial charge in [-0.1, -0.05) is 0 Å². The van der Waals surface area contributed by atoms with Crippen LogP contribution in [0.15, 0.2) is 33.7 Å². The Labute approximate surface area is 114 Å². The van der Waals surface area contributed by atoms with Gasteiger partial charge in [-0.25, -0.2) is 4.79 Å². The van der Waals surface area contributed by atoms with Crippen molar-refractivity contribution in [2.75, 3.05) is 14.2 Å². The first-order chi connectivity index (χ1) is 9.65. The molecule has 6 heteroatoms. The highest BCUT2D eigenvalue weighted by Crippen LogP contribution is 2.13. The molecule has 0 unspecified atom stereocenters. The number of hydrogen-bond acceptors (Lipinski definition) is 5. The second kappa shape index (κ2) is 5.92. The Kier molecular flexibility index (Phi) is 4.05. The number of aromatic nitrogens is 1. The molecule has 0 saturated heterocycles. The van der Waals surface area contributed by atoms with Gasteiger partial charge in [-0.3, -0.25) is 4.79 Å². The monoisotopic (exact) mass is 275 g/mol. The third-order valence-electron chi connectivity index (χ3n) is 2.60. The van der Waals surface area contributed by atoms with Crippen LogP contribution >= 0.6 is 0 Å². The number of carbonyl (C=O) groups excluding carboxylic acids is 1. The van der Waals surface area contributed by atoms with Crippen LogP contribution in [0.1, 0.15) is 21.8 Å². The van der Waals surface area contributed by atoms with E-state index in [9.17, 15) is 9.59 Å². The molecule has 2 heterocycles. The maximum absolute atomic E-state index is 11.9. The molecular formula is C14H13NO5. The Morgan fingerprint density at radius 3 is 2.75 bits per heavy atom. The van der Waals surface area contributed by atoms with Crippen LogP contribution in [0, 0.1) is 0 Å². The van der Waals surface area contributed by atoms with E-state index < -0.39 is 11.4 Å². The van der Waals surface area contributed by atoms with Gasteiger partial charge in [0.2, 0.25) is 5.43 Å². The van der Waals surface area contributed by atoms with Crippen molar-refractivity contribution in [1.82, 2.24) is 4.98 Å². The third kappa shape index (κ3) is 2.80. The summed E-state index contributed by atoms with van der Waals surface area (Å²) in [5.41, 5.74) is -0.278. The van der Waals surface area contributed by atoms with E-state index in [1.165, 1.54) is 26.5 Å². The van der Waals surface area contributed by atoms with Crippen molar-refractivity contribution in [1.29, 1.82) is 0 Å². The standard InChI is InChI=1S/C14H13NO5/c1-18-12-8-11(16)13(14(17)19-2)10(15-12)6-5-9-4-3-7-20-9/h3-8H,1-2H3,(H,15,16)/b6-5-. The fourth-order valence-electron chi connectivity index (χ4n) is 1.65. The molecule has 2 rings (SSSR count). The van der Waals surface area contributed by atoms with E-state index in [0.717, 1.165) is 0 Å². The molecule has 0 radical (unpaired) electrons. The highest BCUT2D eigenvalue weighted by atomic mass is 16.5. The summed E-state index contributed by atoms with van der Waals surface area (Å²) < 4.78 is 14.7. The number of H-pyrrole nitrogens is 1. The van der Waals surface area contributed by atoms with Gasteiger partial charge >= 0.3 is 5.97 Å². The van der Waals surface area contributed by atoms with E-state index in [4.69, 9.17) is 9.15 Å². The lowest BCUT2D eigenvalue weighted by atomic mass is 10.1. The van der Waals surface area contributed by atoms with Crippen LogP contribution in [0.4, 0.5) is 0 Å². The molecule has 20 heavy (non-hydrogen) atoms. The Bertz CT molecular complexity index is 682. The van der Waals surface area contributed by atoms with Gasteiger partial charge in [-0.05, 0) is 24.3 Å². The van der Waals surface area contributed by atoms with Crippen LogP contribution in [-0.4, -0.2) is 25.2 Å². The number of esters is 1. The second-order valence-electron chi connectivity index (χ2n) is 3.83. The summed E-state index contributed by atoms with van der Waals surface area (Å²) >= 11 is 0. The molecule has 0 aliphatic heterocycles. The number of methoxy groups -OCH3 is 2. The fourth-order valence-corrected chi connectivity index (χ4v) is 1.65. The van der Waals surface area contributed by atoms with Crippen LogP contribution in [0.2, 0.25) is 0 Å². The minimum atomic E-state index is -0.715. The molecule has 1 N–H and O–H groups in total. The summed E-state index contributed by atoms with van der Waals surface area (Å²) in [5, 5.41) is 0. The van der Waals surface area contributed by atoms with Crippen molar-refractivity contribution in [3.05, 3.63) is 51.7 Å². The van der Waals surface area contributed by atoms with Gasteiger partial charge in [-0.2, -0.15) is 0 Å². The molecule has 0 aliphatic carbocycles. The Balaban J connectivity index is 2.51. The molecule has 0 amide bonds. The smallest absolute Gasteiger partial charge is 0.344 e. The average molecular weight is 275 g/mol. The number of pyridine rings is 1. The Morgan fingerprint density at radius 1 is 1.35 bits per heavy atom. The molecule has 2 aromatic rings.